The van der Waals surface area contributed by atoms with Gasteiger partial charge in [-0.1, -0.05) is 6.07 Å². The van der Waals surface area contributed by atoms with Crippen molar-refractivity contribution in [1.82, 2.24) is 0 Å². The summed E-state index contributed by atoms with van der Waals surface area (Å²) in [7, 11) is 0. The van der Waals surface area contributed by atoms with Crippen LogP contribution in [0.1, 0.15) is 35.3 Å². The first kappa shape index (κ1) is 13.6. The number of carboxylic acids is 1. The average molecular weight is 249 g/mol. The summed E-state index contributed by atoms with van der Waals surface area (Å²) in [5.41, 5.74) is 1.27. The maximum Gasteiger partial charge on any atom is 0.335 e. The van der Waals surface area contributed by atoms with E-state index in [1.54, 1.807) is 37.7 Å². The molecule has 4 heteroatoms. The first-order valence-electron chi connectivity index (χ1n) is 5.18. The molecule has 3 nitrogen and oxygen atoms in total. The van der Waals surface area contributed by atoms with Gasteiger partial charge in [0.15, 0.2) is 0 Å². The van der Waals surface area contributed by atoms with Gasteiger partial charge in [-0.05, 0) is 43.4 Å². The lowest BCUT2D eigenvalue weighted by Gasteiger charge is -2.17. The summed E-state index contributed by atoms with van der Waals surface area (Å²) in [6, 6.07) is 7.34. The van der Waals surface area contributed by atoms with Crippen LogP contribution in [0, 0.1) is 11.3 Å². The molecule has 17 heavy (non-hydrogen) atoms. The summed E-state index contributed by atoms with van der Waals surface area (Å²) in [5.74, 6) is -0.210. The fourth-order valence-corrected chi connectivity index (χ4v) is 1.99. The van der Waals surface area contributed by atoms with Crippen molar-refractivity contribution in [3.63, 3.8) is 0 Å². The SMILES string of the molecule is CSCc1cc(C(=O)O)cc(C(C)(C)C#N)c1. The Labute approximate surface area is 105 Å². The van der Waals surface area contributed by atoms with Gasteiger partial charge in [-0.2, -0.15) is 17.0 Å². The van der Waals surface area contributed by atoms with Gasteiger partial charge in [-0.25, -0.2) is 4.79 Å². The zero-order chi connectivity index (χ0) is 13.1. The third-order valence-corrected chi connectivity index (χ3v) is 3.17. The fourth-order valence-electron chi connectivity index (χ4n) is 1.49. The van der Waals surface area contributed by atoms with Gasteiger partial charge < -0.3 is 5.11 Å². The predicted octanol–water partition coefficient (Wildman–Crippen LogP) is 3.05. The molecule has 0 aromatic heterocycles. The molecule has 0 bridgehead atoms. The molecule has 0 saturated carbocycles. The number of benzene rings is 1. The van der Waals surface area contributed by atoms with E-state index in [0.717, 1.165) is 16.9 Å². The lowest BCUT2D eigenvalue weighted by atomic mass is 9.84. The molecule has 1 aromatic rings. The summed E-state index contributed by atoms with van der Waals surface area (Å²) < 4.78 is 0. The zero-order valence-corrected chi connectivity index (χ0v) is 11.0. The number of nitriles is 1. The molecule has 0 radical (unpaired) electrons. The highest BCUT2D eigenvalue weighted by molar-refractivity contribution is 7.97. The molecule has 0 spiro atoms. The van der Waals surface area contributed by atoms with Gasteiger partial charge in [0.1, 0.15) is 0 Å². The molecular formula is C13H15NO2S. The van der Waals surface area contributed by atoms with Crippen molar-refractivity contribution in [2.24, 2.45) is 0 Å². The predicted molar refractivity (Wildman–Crippen MR) is 69.3 cm³/mol. The third-order valence-electron chi connectivity index (χ3n) is 2.55. The largest absolute Gasteiger partial charge is 0.478 e. The molecule has 1 N–H and O–H groups in total. The standard InChI is InChI=1S/C13H15NO2S/c1-13(2,8-14)11-5-9(7-17-3)4-10(6-11)12(15)16/h4-6H,7H2,1-3H3,(H,15,16). The van der Waals surface area contributed by atoms with Crippen molar-refractivity contribution in [2.45, 2.75) is 25.0 Å². The number of nitrogens with zero attached hydrogens (tertiary/aromatic N) is 1. The van der Waals surface area contributed by atoms with Gasteiger partial charge in [0, 0.05) is 5.75 Å². The van der Waals surface area contributed by atoms with Crippen molar-refractivity contribution < 1.29 is 9.90 Å². The Kier molecular flexibility index (Phi) is 4.19. The fraction of sp³-hybridized carbons (Fsp3) is 0.385. The van der Waals surface area contributed by atoms with E-state index in [-0.39, 0.29) is 5.56 Å². The second kappa shape index (κ2) is 5.24. The van der Waals surface area contributed by atoms with E-state index >= 15 is 0 Å². The molecular weight excluding hydrogens is 234 g/mol. The number of thioether (sulfide) groups is 1. The summed E-state index contributed by atoms with van der Waals surface area (Å²) in [6.45, 7) is 3.58. The van der Waals surface area contributed by atoms with Crippen molar-refractivity contribution in [3.8, 4) is 6.07 Å². The quantitative estimate of drug-likeness (QED) is 0.891. The maximum atomic E-state index is 11.0. The number of carboxylic acid groups (broad SMARTS) is 1. The molecule has 0 aliphatic rings. The molecule has 0 unspecified atom stereocenters. The smallest absolute Gasteiger partial charge is 0.335 e. The average Bonchev–Trinajstić information content (AvgIpc) is 2.29. The van der Waals surface area contributed by atoms with Gasteiger partial charge in [0.05, 0.1) is 17.0 Å². The van der Waals surface area contributed by atoms with Gasteiger partial charge in [0.2, 0.25) is 0 Å². The molecule has 0 amide bonds. The summed E-state index contributed by atoms with van der Waals surface area (Å²) in [5, 5.41) is 18.1. The summed E-state index contributed by atoms with van der Waals surface area (Å²) >= 11 is 1.63. The number of hydrogen-bond donors (Lipinski definition) is 1. The summed E-state index contributed by atoms with van der Waals surface area (Å²) in [4.78, 5) is 11.0. The van der Waals surface area contributed by atoms with E-state index in [4.69, 9.17) is 10.4 Å². The van der Waals surface area contributed by atoms with Crippen LogP contribution in [0.5, 0.6) is 0 Å². The Balaban J connectivity index is 3.32. The van der Waals surface area contributed by atoms with Gasteiger partial charge in [-0.3, -0.25) is 0 Å². The molecule has 0 atom stereocenters. The van der Waals surface area contributed by atoms with Crippen LogP contribution < -0.4 is 0 Å². The van der Waals surface area contributed by atoms with E-state index in [0.29, 0.717) is 0 Å². The normalized spacial score (nSPS) is 10.9. The zero-order valence-electron chi connectivity index (χ0n) is 10.2. The Morgan fingerprint density at radius 1 is 1.47 bits per heavy atom. The van der Waals surface area contributed by atoms with E-state index in [1.807, 2.05) is 12.3 Å². The Morgan fingerprint density at radius 3 is 2.59 bits per heavy atom. The number of hydrogen-bond acceptors (Lipinski definition) is 3. The molecule has 0 aliphatic carbocycles. The van der Waals surface area contributed by atoms with Crippen LogP contribution in [0.3, 0.4) is 0 Å². The monoisotopic (exact) mass is 249 g/mol. The van der Waals surface area contributed by atoms with Crippen LogP contribution in [-0.2, 0) is 11.2 Å². The minimum Gasteiger partial charge on any atom is -0.478 e. The number of aromatic carboxylic acids is 1. The highest BCUT2D eigenvalue weighted by atomic mass is 32.2. The van der Waals surface area contributed by atoms with Gasteiger partial charge in [0.25, 0.3) is 0 Å². The Bertz CT molecular complexity index is 475. The minimum atomic E-state index is -0.956. The Morgan fingerprint density at radius 2 is 2.12 bits per heavy atom. The van der Waals surface area contributed by atoms with Crippen molar-refractivity contribution in [2.75, 3.05) is 6.26 Å². The molecule has 0 saturated heterocycles. The lowest BCUT2D eigenvalue weighted by Crippen LogP contribution is -2.15. The van der Waals surface area contributed by atoms with E-state index in [2.05, 4.69) is 6.07 Å². The molecule has 90 valence electrons. The number of carbonyl (C=O) groups is 1. The van der Waals surface area contributed by atoms with E-state index < -0.39 is 11.4 Å². The first-order chi connectivity index (χ1) is 7.90. The van der Waals surface area contributed by atoms with Gasteiger partial charge >= 0.3 is 5.97 Å². The molecule has 0 heterocycles. The molecule has 1 aromatic carbocycles. The minimum absolute atomic E-state index is 0.245. The highest BCUT2D eigenvalue weighted by Crippen LogP contribution is 2.26. The van der Waals surface area contributed by atoms with Crippen LogP contribution in [-0.4, -0.2) is 17.3 Å². The van der Waals surface area contributed by atoms with Crippen molar-refractivity contribution >= 4 is 17.7 Å². The van der Waals surface area contributed by atoms with Crippen LogP contribution in [0.15, 0.2) is 18.2 Å². The van der Waals surface area contributed by atoms with Crippen LogP contribution in [0.4, 0.5) is 0 Å². The Hall–Kier alpha value is -1.47. The van der Waals surface area contributed by atoms with Crippen molar-refractivity contribution in [1.29, 1.82) is 5.26 Å². The van der Waals surface area contributed by atoms with Gasteiger partial charge in [-0.15, -0.1) is 0 Å². The topological polar surface area (TPSA) is 61.1 Å². The third kappa shape index (κ3) is 3.24. The highest BCUT2D eigenvalue weighted by Gasteiger charge is 2.21. The molecule has 0 aliphatic heterocycles. The summed E-state index contributed by atoms with van der Waals surface area (Å²) in [6.07, 6.45) is 1.96. The second-order valence-corrected chi connectivity index (χ2v) is 5.26. The van der Waals surface area contributed by atoms with E-state index in [1.165, 1.54) is 0 Å². The van der Waals surface area contributed by atoms with Crippen molar-refractivity contribution in [3.05, 3.63) is 34.9 Å². The second-order valence-electron chi connectivity index (χ2n) is 4.39. The van der Waals surface area contributed by atoms with Crippen LogP contribution >= 0.6 is 11.8 Å². The molecule has 0 fully saturated rings. The van der Waals surface area contributed by atoms with Crippen LogP contribution in [0.2, 0.25) is 0 Å². The van der Waals surface area contributed by atoms with E-state index in [9.17, 15) is 4.79 Å². The lowest BCUT2D eigenvalue weighted by molar-refractivity contribution is 0.0696. The first-order valence-corrected chi connectivity index (χ1v) is 6.58. The number of rotatable bonds is 4. The molecule has 1 rings (SSSR count). The van der Waals surface area contributed by atoms with Crippen LogP contribution in [0.25, 0.3) is 0 Å². The maximum absolute atomic E-state index is 11.0.